The number of hydrogen-bond acceptors (Lipinski definition) is 1. The van der Waals surface area contributed by atoms with Crippen LogP contribution in [0, 0.1) is 20.8 Å². The van der Waals surface area contributed by atoms with Crippen molar-refractivity contribution >= 4 is 11.6 Å². The van der Waals surface area contributed by atoms with Crippen LogP contribution in [0.4, 0.5) is 0 Å². The van der Waals surface area contributed by atoms with E-state index in [4.69, 9.17) is 17.3 Å². The lowest BCUT2D eigenvalue weighted by atomic mass is 9.97. The molecule has 0 aliphatic heterocycles. The van der Waals surface area contributed by atoms with Crippen molar-refractivity contribution < 1.29 is 0 Å². The first-order valence-corrected chi connectivity index (χ1v) is 4.91. The molecule has 0 unspecified atom stereocenters. The largest absolute Gasteiger partial charge is 0.330 e. The maximum Gasteiger partial charge on any atom is 0.0467 e. The van der Waals surface area contributed by atoms with Crippen molar-refractivity contribution in [3.05, 3.63) is 33.3 Å². The van der Waals surface area contributed by atoms with Gasteiger partial charge >= 0.3 is 0 Å². The Morgan fingerprint density at radius 3 is 2.38 bits per heavy atom. The highest BCUT2D eigenvalue weighted by Crippen LogP contribution is 2.26. The fraction of sp³-hybridized carbons (Fsp3) is 0.455. The predicted octanol–water partition coefficient (Wildman–Crippen LogP) is 2.77. The summed E-state index contributed by atoms with van der Waals surface area (Å²) in [4.78, 5) is 0. The average molecular weight is 198 g/mol. The van der Waals surface area contributed by atoms with E-state index < -0.39 is 0 Å². The highest BCUT2D eigenvalue weighted by Gasteiger charge is 2.07. The Bertz CT molecular complexity index is 318. The van der Waals surface area contributed by atoms with E-state index in [9.17, 15) is 0 Å². The lowest BCUT2D eigenvalue weighted by Crippen LogP contribution is -2.06. The lowest BCUT2D eigenvalue weighted by Gasteiger charge is -2.12. The van der Waals surface area contributed by atoms with Crippen molar-refractivity contribution in [1.29, 1.82) is 0 Å². The van der Waals surface area contributed by atoms with Crippen molar-refractivity contribution in [1.82, 2.24) is 0 Å². The Morgan fingerprint density at radius 1 is 1.23 bits per heavy atom. The summed E-state index contributed by atoms with van der Waals surface area (Å²) in [5.41, 5.74) is 10.5. The van der Waals surface area contributed by atoms with Crippen LogP contribution in [0.2, 0.25) is 5.02 Å². The van der Waals surface area contributed by atoms with Crippen molar-refractivity contribution in [2.24, 2.45) is 5.73 Å². The molecule has 0 aliphatic rings. The molecule has 0 heterocycles. The van der Waals surface area contributed by atoms with Gasteiger partial charge in [-0.1, -0.05) is 17.7 Å². The topological polar surface area (TPSA) is 26.0 Å². The molecule has 2 N–H and O–H groups in total. The molecule has 1 aromatic carbocycles. The molecule has 0 bridgehead atoms. The highest BCUT2D eigenvalue weighted by atomic mass is 35.5. The molecule has 0 amide bonds. The minimum absolute atomic E-state index is 0.682. The Balaban J connectivity index is 3.26. The van der Waals surface area contributed by atoms with E-state index in [1.807, 2.05) is 6.92 Å². The van der Waals surface area contributed by atoms with Crippen LogP contribution in [0.1, 0.15) is 22.3 Å². The van der Waals surface area contributed by atoms with E-state index in [0.717, 1.165) is 17.0 Å². The summed E-state index contributed by atoms with van der Waals surface area (Å²) in [5.74, 6) is 0. The van der Waals surface area contributed by atoms with Crippen LogP contribution < -0.4 is 5.73 Å². The van der Waals surface area contributed by atoms with Crippen LogP contribution in [0.25, 0.3) is 0 Å². The van der Waals surface area contributed by atoms with Crippen LogP contribution in [0.3, 0.4) is 0 Å². The highest BCUT2D eigenvalue weighted by molar-refractivity contribution is 6.32. The standard InChI is InChI=1S/C11H16ClN/c1-7-6-8(2)11(12)9(3)10(7)4-5-13/h6H,4-5,13H2,1-3H3. The number of nitrogens with two attached hydrogens (primary N) is 1. The third kappa shape index (κ3) is 2.04. The molecule has 0 radical (unpaired) electrons. The first-order chi connectivity index (χ1) is 6.07. The second-order valence-electron chi connectivity index (χ2n) is 3.47. The quantitative estimate of drug-likeness (QED) is 0.776. The van der Waals surface area contributed by atoms with Gasteiger partial charge in [0.05, 0.1) is 0 Å². The zero-order valence-electron chi connectivity index (χ0n) is 8.45. The molecular weight excluding hydrogens is 182 g/mol. The summed E-state index contributed by atoms with van der Waals surface area (Å²) in [5, 5.41) is 0.883. The summed E-state index contributed by atoms with van der Waals surface area (Å²) in [6, 6.07) is 2.13. The summed E-state index contributed by atoms with van der Waals surface area (Å²) >= 11 is 6.15. The van der Waals surface area contributed by atoms with E-state index in [1.54, 1.807) is 0 Å². The van der Waals surface area contributed by atoms with Gasteiger partial charge in [0.15, 0.2) is 0 Å². The first kappa shape index (κ1) is 10.6. The first-order valence-electron chi connectivity index (χ1n) is 4.53. The van der Waals surface area contributed by atoms with E-state index in [1.165, 1.54) is 16.7 Å². The summed E-state index contributed by atoms with van der Waals surface area (Å²) in [7, 11) is 0. The van der Waals surface area contributed by atoms with Crippen molar-refractivity contribution in [2.75, 3.05) is 6.54 Å². The smallest absolute Gasteiger partial charge is 0.0467 e. The van der Waals surface area contributed by atoms with Crippen LogP contribution >= 0.6 is 11.6 Å². The number of halogens is 1. The maximum atomic E-state index is 6.15. The molecular formula is C11H16ClN. The van der Waals surface area contributed by atoms with Gasteiger partial charge in [-0.3, -0.25) is 0 Å². The SMILES string of the molecule is Cc1cc(C)c(CCN)c(C)c1Cl. The number of benzene rings is 1. The molecule has 0 spiro atoms. The van der Waals surface area contributed by atoms with Crippen molar-refractivity contribution in [3.63, 3.8) is 0 Å². The van der Waals surface area contributed by atoms with Crippen LogP contribution in [-0.2, 0) is 6.42 Å². The van der Waals surface area contributed by atoms with Gasteiger partial charge in [-0.2, -0.15) is 0 Å². The lowest BCUT2D eigenvalue weighted by molar-refractivity contribution is 0.945. The fourth-order valence-electron chi connectivity index (χ4n) is 1.73. The molecule has 1 aromatic rings. The predicted molar refractivity (Wildman–Crippen MR) is 58.4 cm³/mol. The molecule has 13 heavy (non-hydrogen) atoms. The molecule has 0 aromatic heterocycles. The molecule has 0 atom stereocenters. The Labute approximate surface area is 84.9 Å². The Morgan fingerprint density at radius 2 is 1.85 bits per heavy atom. The number of rotatable bonds is 2. The van der Waals surface area contributed by atoms with Gasteiger partial charge in [-0.05, 0) is 56.0 Å². The van der Waals surface area contributed by atoms with E-state index >= 15 is 0 Å². The van der Waals surface area contributed by atoms with Gasteiger partial charge in [-0.25, -0.2) is 0 Å². The molecule has 1 rings (SSSR count). The summed E-state index contributed by atoms with van der Waals surface area (Å²) < 4.78 is 0. The second kappa shape index (κ2) is 4.12. The van der Waals surface area contributed by atoms with Gasteiger partial charge in [0.25, 0.3) is 0 Å². The van der Waals surface area contributed by atoms with Gasteiger partial charge in [0, 0.05) is 5.02 Å². The molecule has 0 fully saturated rings. The second-order valence-corrected chi connectivity index (χ2v) is 3.84. The third-order valence-corrected chi connectivity index (χ3v) is 3.01. The van der Waals surface area contributed by atoms with Gasteiger partial charge in [0.1, 0.15) is 0 Å². The maximum absolute atomic E-state index is 6.15. The van der Waals surface area contributed by atoms with E-state index in [0.29, 0.717) is 6.54 Å². The zero-order valence-corrected chi connectivity index (χ0v) is 9.20. The van der Waals surface area contributed by atoms with Crippen molar-refractivity contribution in [3.8, 4) is 0 Å². The van der Waals surface area contributed by atoms with Gasteiger partial charge < -0.3 is 5.73 Å². The normalized spacial score (nSPS) is 10.5. The van der Waals surface area contributed by atoms with Crippen LogP contribution in [0.5, 0.6) is 0 Å². The summed E-state index contributed by atoms with van der Waals surface area (Å²) in [6.45, 7) is 6.89. The minimum Gasteiger partial charge on any atom is -0.330 e. The third-order valence-electron chi connectivity index (χ3n) is 2.43. The Kier molecular flexibility index (Phi) is 3.34. The summed E-state index contributed by atoms with van der Waals surface area (Å²) in [6.07, 6.45) is 0.914. The van der Waals surface area contributed by atoms with E-state index in [2.05, 4.69) is 19.9 Å². The number of hydrogen-bond donors (Lipinski definition) is 1. The molecule has 0 saturated carbocycles. The van der Waals surface area contributed by atoms with Crippen molar-refractivity contribution in [2.45, 2.75) is 27.2 Å². The zero-order chi connectivity index (χ0) is 10.0. The van der Waals surface area contributed by atoms with Gasteiger partial charge in [-0.15, -0.1) is 0 Å². The molecule has 0 saturated heterocycles. The van der Waals surface area contributed by atoms with Gasteiger partial charge in [0.2, 0.25) is 0 Å². The Hall–Kier alpha value is -0.530. The average Bonchev–Trinajstić information content (AvgIpc) is 2.09. The van der Waals surface area contributed by atoms with E-state index in [-0.39, 0.29) is 0 Å². The number of aryl methyl sites for hydroxylation is 2. The minimum atomic E-state index is 0.682. The molecule has 1 nitrogen and oxygen atoms in total. The van der Waals surface area contributed by atoms with Crippen LogP contribution in [0.15, 0.2) is 6.07 Å². The fourth-order valence-corrected chi connectivity index (χ4v) is 1.90. The monoisotopic (exact) mass is 197 g/mol. The molecule has 72 valence electrons. The van der Waals surface area contributed by atoms with Crippen LogP contribution in [-0.4, -0.2) is 6.54 Å². The molecule has 2 heteroatoms. The molecule has 0 aliphatic carbocycles.